The van der Waals surface area contributed by atoms with Gasteiger partial charge < -0.3 is 10.2 Å². The lowest BCUT2D eigenvalue weighted by molar-refractivity contribution is -0.140. The number of hydrogen-bond donors (Lipinski definition) is 1. The summed E-state index contributed by atoms with van der Waals surface area (Å²) in [6.45, 7) is 7.68. The number of sulfonamides is 1. The topological polar surface area (TPSA) is 86.8 Å². The molecule has 34 heavy (non-hydrogen) atoms. The number of hydrogen-bond acceptors (Lipinski definition) is 4. The van der Waals surface area contributed by atoms with E-state index in [0.29, 0.717) is 17.1 Å². The molecule has 1 atom stereocenters. The predicted octanol–water partition coefficient (Wildman–Crippen LogP) is 4.14. The van der Waals surface area contributed by atoms with Gasteiger partial charge in [0.05, 0.1) is 11.9 Å². The summed E-state index contributed by atoms with van der Waals surface area (Å²) in [4.78, 5) is 27.4. The second-order valence-electron chi connectivity index (χ2n) is 8.77. The second kappa shape index (κ2) is 12.2. The first-order valence-electron chi connectivity index (χ1n) is 11.3. The molecule has 0 aliphatic rings. The fourth-order valence-electron chi connectivity index (χ4n) is 3.61. The van der Waals surface area contributed by atoms with Gasteiger partial charge in [-0.25, -0.2) is 8.42 Å². The zero-order chi connectivity index (χ0) is 25.5. The largest absolute Gasteiger partial charge is 0.352 e. The molecular weight excluding hydrogens is 474 g/mol. The Morgan fingerprint density at radius 2 is 1.74 bits per heavy atom. The number of carbonyl (C=O) groups is 2. The molecule has 2 amide bonds. The molecule has 0 aromatic heterocycles. The maximum Gasteiger partial charge on any atom is 0.242 e. The molecule has 0 spiro atoms. The molecule has 1 unspecified atom stereocenters. The number of nitrogens with zero attached hydrogens (tertiary/aromatic N) is 2. The second-order valence-corrected chi connectivity index (χ2v) is 11.1. The number of carbonyl (C=O) groups excluding carboxylic acids is 2. The van der Waals surface area contributed by atoms with E-state index in [1.165, 1.54) is 9.21 Å². The average molecular weight is 508 g/mol. The maximum absolute atomic E-state index is 13.2. The summed E-state index contributed by atoms with van der Waals surface area (Å²) in [5, 5.41) is 3.40. The van der Waals surface area contributed by atoms with Crippen LogP contribution in [0.3, 0.4) is 0 Å². The highest BCUT2D eigenvalue weighted by atomic mass is 35.5. The molecule has 186 valence electrons. The van der Waals surface area contributed by atoms with Crippen molar-refractivity contribution in [3.63, 3.8) is 0 Å². The quantitative estimate of drug-likeness (QED) is 0.495. The van der Waals surface area contributed by atoms with Gasteiger partial charge in [0.15, 0.2) is 0 Å². The standard InChI is InChI=1S/C25H34ClN3O4S/c1-18(2)27-25(31)20(4)28(17-21-10-7-11-22(26)16-21)24(30)13-8-14-29(34(5,32)33)23-12-6-9-19(3)15-23/h6-7,9-12,15-16,18,20H,8,13-14,17H2,1-5H3,(H,27,31). The van der Waals surface area contributed by atoms with Crippen LogP contribution >= 0.6 is 11.6 Å². The van der Waals surface area contributed by atoms with Crippen LogP contribution in [0.4, 0.5) is 5.69 Å². The van der Waals surface area contributed by atoms with Gasteiger partial charge in [-0.2, -0.15) is 0 Å². The third kappa shape index (κ3) is 8.33. The number of amides is 2. The normalized spacial score (nSPS) is 12.3. The third-order valence-electron chi connectivity index (χ3n) is 5.28. The number of halogens is 1. The first-order valence-corrected chi connectivity index (χ1v) is 13.5. The van der Waals surface area contributed by atoms with Crippen molar-refractivity contribution in [3.05, 3.63) is 64.7 Å². The van der Waals surface area contributed by atoms with Gasteiger partial charge in [-0.15, -0.1) is 0 Å². The monoisotopic (exact) mass is 507 g/mol. The average Bonchev–Trinajstić information content (AvgIpc) is 2.73. The van der Waals surface area contributed by atoms with Crippen LogP contribution in [0.15, 0.2) is 48.5 Å². The molecule has 0 bridgehead atoms. The zero-order valence-corrected chi connectivity index (χ0v) is 22.0. The summed E-state index contributed by atoms with van der Waals surface area (Å²) in [5.41, 5.74) is 2.32. The lowest BCUT2D eigenvalue weighted by Gasteiger charge is -2.30. The summed E-state index contributed by atoms with van der Waals surface area (Å²) < 4.78 is 26.1. The predicted molar refractivity (Wildman–Crippen MR) is 137 cm³/mol. The molecule has 0 aliphatic carbocycles. The summed E-state index contributed by atoms with van der Waals surface area (Å²) in [7, 11) is -3.52. The minimum Gasteiger partial charge on any atom is -0.352 e. The molecule has 7 nitrogen and oxygen atoms in total. The van der Waals surface area contributed by atoms with Gasteiger partial charge >= 0.3 is 0 Å². The molecule has 2 rings (SSSR count). The summed E-state index contributed by atoms with van der Waals surface area (Å²) in [5.74, 6) is -0.480. The van der Waals surface area contributed by atoms with E-state index in [1.54, 1.807) is 43.3 Å². The number of anilines is 1. The van der Waals surface area contributed by atoms with Crippen LogP contribution in [0.25, 0.3) is 0 Å². The van der Waals surface area contributed by atoms with Gasteiger partial charge in [0.1, 0.15) is 6.04 Å². The van der Waals surface area contributed by atoms with E-state index in [4.69, 9.17) is 11.6 Å². The van der Waals surface area contributed by atoms with Crippen LogP contribution < -0.4 is 9.62 Å². The first-order chi connectivity index (χ1) is 15.9. The molecule has 2 aromatic rings. The van der Waals surface area contributed by atoms with Crippen molar-refractivity contribution >= 4 is 39.1 Å². The SMILES string of the molecule is Cc1cccc(N(CCCC(=O)N(Cc2cccc(Cl)c2)C(C)C(=O)NC(C)C)S(C)(=O)=O)c1. The van der Waals surface area contributed by atoms with Crippen LogP contribution in [-0.2, 0) is 26.2 Å². The van der Waals surface area contributed by atoms with E-state index in [9.17, 15) is 18.0 Å². The summed E-state index contributed by atoms with van der Waals surface area (Å²) >= 11 is 6.10. The molecule has 0 aliphatic heterocycles. The zero-order valence-electron chi connectivity index (χ0n) is 20.4. The van der Waals surface area contributed by atoms with Gasteiger partial charge in [-0.3, -0.25) is 13.9 Å². The molecule has 1 N–H and O–H groups in total. The Morgan fingerprint density at radius 1 is 1.06 bits per heavy atom. The van der Waals surface area contributed by atoms with E-state index >= 15 is 0 Å². The highest BCUT2D eigenvalue weighted by Gasteiger charge is 2.27. The number of benzene rings is 2. The fourth-order valence-corrected chi connectivity index (χ4v) is 4.78. The molecular formula is C25H34ClN3O4S. The molecule has 0 saturated heterocycles. The molecule has 0 radical (unpaired) electrons. The van der Waals surface area contributed by atoms with Gasteiger partial charge in [-0.1, -0.05) is 35.9 Å². The lowest BCUT2D eigenvalue weighted by Crippen LogP contribution is -2.49. The van der Waals surface area contributed by atoms with E-state index in [0.717, 1.165) is 17.4 Å². The van der Waals surface area contributed by atoms with Crippen molar-refractivity contribution in [1.29, 1.82) is 0 Å². The highest BCUT2D eigenvalue weighted by Crippen LogP contribution is 2.21. The number of nitrogens with one attached hydrogen (secondary N) is 1. The van der Waals surface area contributed by atoms with E-state index in [2.05, 4.69) is 5.32 Å². The van der Waals surface area contributed by atoms with Crippen molar-refractivity contribution in [2.24, 2.45) is 0 Å². The van der Waals surface area contributed by atoms with Gasteiger partial charge in [-0.05, 0) is 69.5 Å². The Balaban J connectivity index is 2.17. The van der Waals surface area contributed by atoms with E-state index < -0.39 is 16.1 Å². The maximum atomic E-state index is 13.2. The molecule has 2 aromatic carbocycles. The van der Waals surface area contributed by atoms with Crippen molar-refractivity contribution < 1.29 is 18.0 Å². The Bertz CT molecular complexity index is 1100. The number of aryl methyl sites for hydroxylation is 1. The Kier molecular flexibility index (Phi) is 9.94. The van der Waals surface area contributed by atoms with Crippen molar-refractivity contribution in [1.82, 2.24) is 10.2 Å². The van der Waals surface area contributed by atoms with Crippen molar-refractivity contribution in [2.45, 2.75) is 59.2 Å². The van der Waals surface area contributed by atoms with E-state index in [1.807, 2.05) is 32.9 Å². The van der Waals surface area contributed by atoms with Crippen LogP contribution in [-0.4, -0.2) is 50.0 Å². The Hall–Kier alpha value is -2.58. The van der Waals surface area contributed by atoms with Crippen LogP contribution in [0.2, 0.25) is 5.02 Å². The summed E-state index contributed by atoms with van der Waals surface area (Å²) in [6, 6.07) is 13.6. The molecule has 0 fully saturated rings. The molecule has 0 saturated carbocycles. The smallest absolute Gasteiger partial charge is 0.242 e. The van der Waals surface area contributed by atoms with Crippen LogP contribution in [0, 0.1) is 6.92 Å². The first kappa shape index (κ1) is 27.7. The van der Waals surface area contributed by atoms with Crippen molar-refractivity contribution in [2.75, 3.05) is 17.1 Å². The lowest BCUT2D eigenvalue weighted by atomic mass is 10.1. The highest BCUT2D eigenvalue weighted by molar-refractivity contribution is 7.92. The minimum atomic E-state index is -3.52. The molecule has 9 heteroatoms. The fraction of sp³-hybridized carbons (Fsp3) is 0.440. The number of rotatable bonds is 11. The molecule has 0 heterocycles. The third-order valence-corrected chi connectivity index (χ3v) is 6.71. The van der Waals surface area contributed by atoms with Gasteiger partial charge in [0.25, 0.3) is 0 Å². The van der Waals surface area contributed by atoms with Gasteiger partial charge in [0.2, 0.25) is 21.8 Å². The van der Waals surface area contributed by atoms with Crippen molar-refractivity contribution in [3.8, 4) is 0 Å². The minimum absolute atomic E-state index is 0.0595. The Morgan fingerprint density at radius 3 is 2.32 bits per heavy atom. The Labute approximate surface area is 208 Å². The van der Waals surface area contributed by atoms with Crippen LogP contribution in [0.5, 0.6) is 0 Å². The van der Waals surface area contributed by atoms with Crippen LogP contribution in [0.1, 0.15) is 44.7 Å². The van der Waals surface area contributed by atoms with E-state index in [-0.39, 0.29) is 37.4 Å². The summed E-state index contributed by atoms with van der Waals surface area (Å²) in [6.07, 6.45) is 1.56. The van der Waals surface area contributed by atoms with Gasteiger partial charge in [0, 0.05) is 30.6 Å².